The van der Waals surface area contributed by atoms with Gasteiger partial charge in [-0.1, -0.05) is 0 Å². The maximum atomic E-state index is 8.48. The first-order chi connectivity index (χ1) is 5.65. The molecule has 0 radical (unpaired) electrons. The highest BCUT2D eigenvalue weighted by Crippen LogP contribution is 2.20. The monoisotopic (exact) mass is 161 g/mol. The van der Waals surface area contributed by atoms with Gasteiger partial charge >= 0.3 is 0 Å². The number of nitrogen functional groups attached to an aromatic ring is 2. The third kappa shape index (κ3) is 1.48. The van der Waals surface area contributed by atoms with Crippen LogP contribution in [0.4, 0.5) is 11.4 Å². The second-order valence-electron chi connectivity index (χ2n) is 2.74. The van der Waals surface area contributed by atoms with E-state index >= 15 is 0 Å². The first kappa shape index (κ1) is 8.41. The molecule has 4 N–H and O–H groups in total. The van der Waals surface area contributed by atoms with E-state index in [-0.39, 0.29) is 0 Å². The van der Waals surface area contributed by atoms with Crippen molar-refractivity contribution in [2.45, 2.75) is 13.3 Å². The van der Waals surface area contributed by atoms with Gasteiger partial charge in [-0.25, -0.2) is 0 Å². The van der Waals surface area contributed by atoms with Crippen molar-refractivity contribution in [2.24, 2.45) is 0 Å². The van der Waals surface area contributed by atoms with Gasteiger partial charge in [0.05, 0.1) is 23.9 Å². The third-order valence-corrected chi connectivity index (χ3v) is 1.81. The van der Waals surface area contributed by atoms with Crippen molar-refractivity contribution in [1.29, 1.82) is 5.26 Å². The van der Waals surface area contributed by atoms with E-state index in [2.05, 4.69) is 6.07 Å². The molecule has 0 aromatic heterocycles. The van der Waals surface area contributed by atoms with Crippen molar-refractivity contribution in [3.8, 4) is 6.07 Å². The number of rotatable bonds is 1. The van der Waals surface area contributed by atoms with Gasteiger partial charge in [0, 0.05) is 0 Å². The van der Waals surface area contributed by atoms with Crippen LogP contribution in [0.3, 0.4) is 0 Å². The van der Waals surface area contributed by atoms with E-state index < -0.39 is 0 Å². The van der Waals surface area contributed by atoms with Crippen LogP contribution < -0.4 is 11.5 Å². The van der Waals surface area contributed by atoms with Crippen LogP contribution in [-0.2, 0) is 6.42 Å². The molecule has 0 aliphatic carbocycles. The van der Waals surface area contributed by atoms with E-state index in [1.165, 1.54) is 0 Å². The number of hydrogen-bond donors (Lipinski definition) is 2. The Morgan fingerprint density at radius 1 is 1.33 bits per heavy atom. The van der Waals surface area contributed by atoms with Gasteiger partial charge < -0.3 is 11.5 Å². The van der Waals surface area contributed by atoms with Crippen molar-refractivity contribution in [3.05, 3.63) is 23.3 Å². The quantitative estimate of drug-likeness (QED) is 0.608. The van der Waals surface area contributed by atoms with Gasteiger partial charge in [0.15, 0.2) is 0 Å². The SMILES string of the molecule is Cc1cc(N)c(N)cc1CC#N. The lowest BCUT2D eigenvalue weighted by Crippen LogP contribution is -1.98. The molecule has 3 heteroatoms. The largest absolute Gasteiger partial charge is 0.397 e. The highest BCUT2D eigenvalue weighted by Gasteiger charge is 2.01. The number of hydrogen-bond acceptors (Lipinski definition) is 3. The first-order valence-electron chi connectivity index (χ1n) is 3.66. The molecule has 1 aromatic carbocycles. The number of anilines is 2. The molecule has 0 aliphatic heterocycles. The van der Waals surface area contributed by atoms with Crippen LogP contribution in [0.15, 0.2) is 12.1 Å². The Bertz CT molecular complexity index is 336. The minimum absolute atomic E-state index is 0.385. The van der Waals surface area contributed by atoms with Crippen LogP contribution in [0, 0.1) is 18.3 Å². The van der Waals surface area contributed by atoms with Gasteiger partial charge in [-0.2, -0.15) is 5.26 Å². The molecule has 0 aliphatic rings. The summed E-state index contributed by atoms with van der Waals surface area (Å²) < 4.78 is 0. The molecule has 62 valence electrons. The Labute approximate surface area is 71.6 Å². The average Bonchev–Trinajstić information content (AvgIpc) is 2.01. The number of aryl methyl sites for hydroxylation is 1. The molecule has 1 aromatic rings. The highest BCUT2D eigenvalue weighted by atomic mass is 14.7. The summed E-state index contributed by atoms with van der Waals surface area (Å²) in [5.74, 6) is 0. The smallest absolute Gasteiger partial charge is 0.0669 e. The minimum Gasteiger partial charge on any atom is -0.397 e. The maximum Gasteiger partial charge on any atom is 0.0669 e. The first-order valence-corrected chi connectivity index (χ1v) is 3.66. The molecule has 1 rings (SSSR count). The summed E-state index contributed by atoms with van der Waals surface area (Å²) in [4.78, 5) is 0. The Balaban J connectivity index is 3.16. The minimum atomic E-state index is 0.385. The van der Waals surface area contributed by atoms with Crippen LogP contribution in [0.1, 0.15) is 11.1 Å². The zero-order valence-corrected chi connectivity index (χ0v) is 6.96. The van der Waals surface area contributed by atoms with Crippen molar-refractivity contribution in [3.63, 3.8) is 0 Å². The summed E-state index contributed by atoms with van der Waals surface area (Å²) in [6.07, 6.45) is 0.385. The molecule has 0 atom stereocenters. The summed E-state index contributed by atoms with van der Waals surface area (Å²) in [5, 5.41) is 8.48. The number of nitrogens with two attached hydrogens (primary N) is 2. The van der Waals surface area contributed by atoms with Crippen LogP contribution >= 0.6 is 0 Å². The Hall–Kier alpha value is -1.69. The molecule has 0 unspecified atom stereocenters. The fourth-order valence-corrected chi connectivity index (χ4v) is 1.07. The molecule has 3 nitrogen and oxygen atoms in total. The highest BCUT2D eigenvalue weighted by molar-refractivity contribution is 5.66. The van der Waals surface area contributed by atoms with Crippen molar-refractivity contribution in [1.82, 2.24) is 0 Å². The molecule has 0 bridgehead atoms. The van der Waals surface area contributed by atoms with E-state index in [0.717, 1.165) is 11.1 Å². The molecule has 0 saturated heterocycles. The van der Waals surface area contributed by atoms with Crippen LogP contribution in [-0.4, -0.2) is 0 Å². The van der Waals surface area contributed by atoms with Gasteiger partial charge in [0.2, 0.25) is 0 Å². The number of benzene rings is 1. The molecule has 0 heterocycles. The Morgan fingerprint density at radius 3 is 2.50 bits per heavy atom. The fraction of sp³-hybridized carbons (Fsp3) is 0.222. The van der Waals surface area contributed by atoms with Gasteiger partial charge in [-0.05, 0) is 30.2 Å². The lowest BCUT2D eigenvalue weighted by molar-refractivity contribution is 1.22. The normalized spacial score (nSPS) is 9.33. The zero-order valence-electron chi connectivity index (χ0n) is 6.96. The number of nitrogens with zero attached hydrogens (tertiary/aromatic N) is 1. The average molecular weight is 161 g/mol. The molecule has 12 heavy (non-hydrogen) atoms. The third-order valence-electron chi connectivity index (χ3n) is 1.81. The van der Waals surface area contributed by atoms with Gasteiger partial charge in [0.1, 0.15) is 0 Å². The van der Waals surface area contributed by atoms with E-state index in [1.54, 1.807) is 12.1 Å². The second kappa shape index (κ2) is 3.14. The predicted octanol–water partition coefficient (Wildman–Crippen LogP) is 1.23. The van der Waals surface area contributed by atoms with Crippen molar-refractivity contribution in [2.75, 3.05) is 11.5 Å². The molecular formula is C9H11N3. The van der Waals surface area contributed by atoms with E-state index in [4.69, 9.17) is 16.7 Å². The summed E-state index contributed by atoms with van der Waals surface area (Å²) >= 11 is 0. The van der Waals surface area contributed by atoms with Crippen molar-refractivity contribution >= 4 is 11.4 Å². The zero-order chi connectivity index (χ0) is 9.14. The van der Waals surface area contributed by atoms with Gasteiger partial charge in [-0.3, -0.25) is 0 Å². The van der Waals surface area contributed by atoms with E-state index in [9.17, 15) is 0 Å². The van der Waals surface area contributed by atoms with Gasteiger partial charge in [0.25, 0.3) is 0 Å². The molecule has 0 spiro atoms. The lowest BCUT2D eigenvalue weighted by atomic mass is 10.0. The lowest BCUT2D eigenvalue weighted by Gasteiger charge is -2.05. The molecule has 0 saturated carbocycles. The molecular weight excluding hydrogens is 150 g/mol. The predicted molar refractivity (Wildman–Crippen MR) is 49.3 cm³/mol. The van der Waals surface area contributed by atoms with Crippen LogP contribution in [0.2, 0.25) is 0 Å². The van der Waals surface area contributed by atoms with E-state index in [1.807, 2.05) is 6.92 Å². The van der Waals surface area contributed by atoms with Crippen LogP contribution in [0.5, 0.6) is 0 Å². The Kier molecular flexibility index (Phi) is 2.20. The molecule has 0 fully saturated rings. The fourth-order valence-electron chi connectivity index (χ4n) is 1.07. The van der Waals surface area contributed by atoms with Crippen LogP contribution in [0.25, 0.3) is 0 Å². The number of nitriles is 1. The summed E-state index contributed by atoms with van der Waals surface area (Å²) in [7, 11) is 0. The van der Waals surface area contributed by atoms with Gasteiger partial charge in [-0.15, -0.1) is 0 Å². The maximum absolute atomic E-state index is 8.48. The molecule has 0 amide bonds. The summed E-state index contributed by atoms with van der Waals surface area (Å²) in [6, 6.07) is 5.63. The summed E-state index contributed by atoms with van der Waals surface area (Å²) in [6.45, 7) is 1.92. The second-order valence-corrected chi connectivity index (χ2v) is 2.74. The topological polar surface area (TPSA) is 75.8 Å². The van der Waals surface area contributed by atoms with E-state index in [0.29, 0.717) is 17.8 Å². The standard InChI is InChI=1S/C9H11N3/c1-6-4-8(11)9(12)5-7(6)2-3-10/h4-5H,2,11-12H2,1H3. The summed E-state index contributed by atoms with van der Waals surface area (Å²) in [5.41, 5.74) is 14.3. The van der Waals surface area contributed by atoms with Crippen molar-refractivity contribution < 1.29 is 0 Å². The Morgan fingerprint density at radius 2 is 1.92 bits per heavy atom.